The summed E-state index contributed by atoms with van der Waals surface area (Å²) < 4.78 is 0. The molecular weight excluding hydrogens is 162 g/mol. The first-order valence-corrected chi connectivity index (χ1v) is 5.43. The standard InChI is InChI=1S/C10H21N3/c1-6-3-8-9(4-7(6)2)13-10(5-11)12-8/h6-10,12-13H,3-5,11H2,1-2H3. The van der Waals surface area contributed by atoms with Gasteiger partial charge in [-0.1, -0.05) is 13.8 Å². The SMILES string of the molecule is CC1CC2NC(CN)NC2CC1C. The van der Waals surface area contributed by atoms with Crippen LogP contribution in [-0.2, 0) is 0 Å². The summed E-state index contributed by atoms with van der Waals surface area (Å²) in [5.41, 5.74) is 5.63. The molecule has 4 N–H and O–H groups in total. The van der Waals surface area contributed by atoms with E-state index < -0.39 is 0 Å². The molecule has 76 valence electrons. The van der Waals surface area contributed by atoms with Gasteiger partial charge in [0.1, 0.15) is 0 Å². The van der Waals surface area contributed by atoms with Crippen LogP contribution in [0, 0.1) is 11.8 Å². The minimum absolute atomic E-state index is 0.354. The Morgan fingerprint density at radius 3 is 1.92 bits per heavy atom. The van der Waals surface area contributed by atoms with Crippen LogP contribution in [0.15, 0.2) is 0 Å². The quantitative estimate of drug-likeness (QED) is 0.547. The summed E-state index contributed by atoms with van der Waals surface area (Å²) in [6, 6.07) is 1.33. The third kappa shape index (κ3) is 1.73. The normalized spacial score (nSPS) is 50.5. The zero-order chi connectivity index (χ0) is 9.42. The average molecular weight is 183 g/mol. The smallest absolute Gasteiger partial charge is 0.0703 e. The van der Waals surface area contributed by atoms with Gasteiger partial charge in [-0.25, -0.2) is 0 Å². The lowest BCUT2D eigenvalue weighted by atomic mass is 9.77. The summed E-state index contributed by atoms with van der Waals surface area (Å²) in [5.74, 6) is 1.71. The Bertz CT molecular complexity index is 165. The van der Waals surface area contributed by atoms with Crippen molar-refractivity contribution < 1.29 is 0 Å². The molecule has 1 aliphatic heterocycles. The van der Waals surface area contributed by atoms with Gasteiger partial charge in [0.05, 0.1) is 6.17 Å². The van der Waals surface area contributed by atoms with Crippen LogP contribution >= 0.6 is 0 Å². The van der Waals surface area contributed by atoms with E-state index in [1.807, 2.05) is 0 Å². The van der Waals surface area contributed by atoms with E-state index in [2.05, 4.69) is 24.5 Å². The van der Waals surface area contributed by atoms with E-state index in [1.165, 1.54) is 12.8 Å². The van der Waals surface area contributed by atoms with E-state index in [-0.39, 0.29) is 0 Å². The van der Waals surface area contributed by atoms with E-state index in [4.69, 9.17) is 5.73 Å². The van der Waals surface area contributed by atoms with Crippen LogP contribution in [0.2, 0.25) is 0 Å². The van der Waals surface area contributed by atoms with Gasteiger partial charge in [-0.3, -0.25) is 10.6 Å². The molecule has 0 spiro atoms. The fourth-order valence-electron chi connectivity index (χ4n) is 2.66. The molecule has 3 heteroatoms. The molecule has 13 heavy (non-hydrogen) atoms. The van der Waals surface area contributed by atoms with Crippen molar-refractivity contribution in [3.8, 4) is 0 Å². The minimum atomic E-state index is 0.354. The summed E-state index contributed by atoms with van der Waals surface area (Å²) in [6.45, 7) is 5.42. The highest BCUT2D eigenvalue weighted by Crippen LogP contribution is 2.31. The molecule has 0 aromatic rings. The van der Waals surface area contributed by atoms with Crippen molar-refractivity contribution in [3.05, 3.63) is 0 Å². The number of fused-ring (bicyclic) bond motifs is 1. The topological polar surface area (TPSA) is 50.1 Å². The number of rotatable bonds is 1. The Balaban J connectivity index is 1.97. The molecular formula is C10H21N3. The molecule has 0 amide bonds. The van der Waals surface area contributed by atoms with Gasteiger partial charge in [0.15, 0.2) is 0 Å². The second-order valence-electron chi connectivity index (χ2n) is 4.76. The van der Waals surface area contributed by atoms with E-state index >= 15 is 0 Å². The highest BCUT2D eigenvalue weighted by Gasteiger charge is 2.38. The van der Waals surface area contributed by atoms with Crippen LogP contribution < -0.4 is 16.4 Å². The molecule has 4 atom stereocenters. The van der Waals surface area contributed by atoms with Crippen molar-refractivity contribution in [2.75, 3.05) is 6.54 Å². The number of nitrogens with one attached hydrogen (secondary N) is 2. The van der Waals surface area contributed by atoms with Crippen molar-refractivity contribution in [1.82, 2.24) is 10.6 Å². The van der Waals surface area contributed by atoms with Crippen molar-refractivity contribution in [3.63, 3.8) is 0 Å². The van der Waals surface area contributed by atoms with Crippen LogP contribution in [0.25, 0.3) is 0 Å². The average Bonchev–Trinajstić information content (AvgIpc) is 2.48. The molecule has 4 unspecified atom stereocenters. The Morgan fingerprint density at radius 1 is 1.08 bits per heavy atom. The molecule has 1 saturated carbocycles. The van der Waals surface area contributed by atoms with Crippen molar-refractivity contribution in [1.29, 1.82) is 0 Å². The van der Waals surface area contributed by atoms with Gasteiger partial charge in [-0.2, -0.15) is 0 Å². The fourth-order valence-corrected chi connectivity index (χ4v) is 2.66. The molecule has 2 aliphatic rings. The Hall–Kier alpha value is -0.120. The minimum Gasteiger partial charge on any atom is -0.328 e. The summed E-state index contributed by atoms with van der Waals surface area (Å²) in [5, 5.41) is 7.11. The zero-order valence-electron chi connectivity index (χ0n) is 8.59. The number of hydrogen-bond acceptors (Lipinski definition) is 3. The first-order valence-electron chi connectivity index (χ1n) is 5.43. The van der Waals surface area contributed by atoms with Gasteiger partial charge in [-0.05, 0) is 24.7 Å². The van der Waals surface area contributed by atoms with Crippen LogP contribution in [0.3, 0.4) is 0 Å². The van der Waals surface area contributed by atoms with Crippen LogP contribution in [0.1, 0.15) is 26.7 Å². The summed E-state index contributed by atoms with van der Waals surface area (Å²) in [4.78, 5) is 0. The van der Waals surface area contributed by atoms with Gasteiger partial charge in [0.25, 0.3) is 0 Å². The summed E-state index contributed by atoms with van der Waals surface area (Å²) in [7, 11) is 0. The Kier molecular flexibility index (Phi) is 2.58. The van der Waals surface area contributed by atoms with Crippen LogP contribution in [0.5, 0.6) is 0 Å². The molecule has 1 aliphatic carbocycles. The van der Waals surface area contributed by atoms with Gasteiger partial charge < -0.3 is 5.73 Å². The maximum absolute atomic E-state index is 5.63. The molecule has 2 fully saturated rings. The van der Waals surface area contributed by atoms with Crippen molar-refractivity contribution >= 4 is 0 Å². The second-order valence-corrected chi connectivity index (χ2v) is 4.76. The van der Waals surface area contributed by atoms with Crippen molar-refractivity contribution in [2.45, 2.75) is 44.9 Å². The third-order valence-electron chi connectivity index (χ3n) is 3.77. The lowest BCUT2D eigenvalue weighted by molar-refractivity contribution is 0.219. The maximum Gasteiger partial charge on any atom is 0.0703 e. The molecule has 2 rings (SSSR count). The number of nitrogens with two attached hydrogens (primary N) is 1. The highest BCUT2D eigenvalue weighted by atomic mass is 15.3. The van der Waals surface area contributed by atoms with Crippen LogP contribution in [-0.4, -0.2) is 24.8 Å². The van der Waals surface area contributed by atoms with Crippen LogP contribution in [0.4, 0.5) is 0 Å². The highest BCUT2D eigenvalue weighted by molar-refractivity contribution is 4.98. The Labute approximate surface area is 80.5 Å². The first kappa shape index (κ1) is 9.44. The first-order chi connectivity index (χ1) is 6.20. The summed E-state index contributed by atoms with van der Waals surface area (Å²) in [6.07, 6.45) is 2.96. The van der Waals surface area contributed by atoms with Gasteiger partial charge in [-0.15, -0.1) is 0 Å². The van der Waals surface area contributed by atoms with E-state index in [1.54, 1.807) is 0 Å². The second kappa shape index (κ2) is 3.56. The molecule has 0 aromatic carbocycles. The number of hydrogen-bond donors (Lipinski definition) is 3. The van der Waals surface area contributed by atoms with E-state index in [0.29, 0.717) is 24.8 Å². The molecule has 0 radical (unpaired) electrons. The molecule has 1 heterocycles. The predicted molar refractivity (Wildman–Crippen MR) is 54.3 cm³/mol. The van der Waals surface area contributed by atoms with Crippen molar-refractivity contribution in [2.24, 2.45) is 17.6 Å². The maximum atomic E-state index is 5.63. The molecule has 0 bridgehead atoms. The predicted octanol–water partition coefficient (Wildman–Crippen LogP) is 0.267. The van der Waals surface area contributed by atoms with E-state index in [0.717, 1.165) is 11.8 Å². The molecule has 3 nitrogen and oxygen atoms in total. The summed E-state index contributed by atoms with van der Waals surface area (Å²) >= 11 is 0. The Morgan fingerprint density at radius 2 is 1.54 bits per heavy atom. The monoisotopic (exact) mass is 183 g/mol. The fraction of sp³-hybridized carbons (Fsp3) is 1.00. The zero-order valence-corrected chi connectivity index (χ0v) is 8.59. The lowest BCUT2D eigenvalue weighted by Gasteiger charge is -2.34. The van der Waals surface area contributed by atoms with Gasteiger partial charge in [0, 0.05) is 18.6 Å². The van der Waals surface area contributed by atoms with Gasteiger partial charge >= 0.3 is 0 Å². The molecule has 0 aromatic heterocycles. The van der Waals surface area contributed by atoms with Gasteiger partial charge in [0.2, 0.25) is 0 Å². The third-order valence-corrected chi connectivity index (χ3v) is 3.77. The van der Waals surface area contributed by atoms with E-state index in [9.17, 15) is 0 Å². The molecule has 1 saturated heterocycles. The largest absolute Gasteiger partial charge is 0.328 e. The lowest BCUT2D eigenvalue weighted by Crippen LogP contribution is -2.42.